The van der Waals surface area contributed by atoms with Crippen LogP contribution >= 0.6 is 15.9 Å². The minimum absolute atomic E-state index is 0.138. The van der Waals surface area contributed by atoms with Crippen LogP contribution in [0.15, 0.2) is 70.2 Å². The van der Waals surface area contributed by atoms with E-state index in [4.69, 9.17) is 0 Å². The number of hydrogen-bond acceptors (Lipinski definition) is 2. The van der Waals surface area contributed by atoms with Crippen LogP contribution in [0.25, 0.3) is 5.69 Å². The zero-order valence-corrected chi connectivity index (χ0v) is 16.3. The molecule has 0 unspecified atom stereocenters. The number of aromatic nitrogens is 1. The second kappa shape index (κ2) is 8.15. The van der Waals surface area contributed by atoms with Crippen molar-refractivity contribution in [3.8, 4) is 5.69 Å². The Morgan fingerprint density at radius 2 is 1.81 bits per heavy atom. The van der Waals surface area contributed by atoms with Crippen LogP contribution in [0.1, 0.15) is 22.5 Å². The minimum Gasteiger partial charge on any atom is -0.318 e. The number of nitrogens with zero attached hydrogens (tertiary/aromatic N) is 2. The lowest BCUT2D eigenvalue weighted by atomic mass is 10.1. The van der Waals surface area contributed by atoms with E-state index in [1.54, 1.807) is 6.21 Å². The maximum Gasteiger partial charge on any atom is 0.244 e. The van der Waals surface area contributed by atoms with E-state index < -0.39 is 0 Å². The number of hydrogen-bond donors (Lipinski definition) is 1. The molecule has 0 radical (unpaired) electrons. The average Bonchev–Trinajstić information content (AvgIpc) is 2.91. The molecule has 26 heavy (non-hydrogen) atoms. The third-order valence-corrected chi connectivity index (χ3v) is 4.68. The predicted molar refractivity (Wildman–Crippen MR) is 109 cm³/mol. The van der Waals surface area contributed by atoms with Gasteiger partial charge in [0.2, 0.25) is 5.91 Å². The Morgan fingerprint density at radius 1 is 1.12 bits per heavy atom. The highest BCUT2D eigenvalue weighted by Gasteiger charge is 2.09. The van der Waals surface area contributed by atoms with E-state index in [0.29, 0.717) is 6.42 Å². The first-order valence-electron chi connectivity index (χ1n) is 8.35. The van der Waals surface area contributed by atoms with Crippen molar-refractivity contribution < 1.29 is 4.79 Å². The van der Waals surface area contributed by atoms with Gasteiger partial charge in [-0.1, -0.05) is 46.3 Å². The first-order valence-corrected chi connectivity index (χ1v) is 9.14. The van der Waals surface area contributed by atoms with Crippen LogP contribution in [0.4, 0.5) is 0 Å². The lowest BCUT2D eigenvalue weighted by Gasteiger charge is -2.08. The van der Waals surface area contributed by atoms with E-state index in [1.807, 2.05) is 49.4 Å². The van der Waals surface area contributed by atoms with Crippen molar-refractivity contribution in [1.82, 2.24) is 9.99 Å². The number of halogens is 1. The molecule has 1 N–H and O–H groups in total. The Bertz CT molecular complexity index is 928. The maximum absolute atomic E-state index is 12.0. The molecule has 0 spiro atoms. The summed E-state index contributed by atoms with van der Waals surface area (Å²) in [6, 6.07) is 19.9. The van der Waals surface area contributed by atoms with Gasteiger partial charge < -0.3 is 4.57 Å². The summed E-state index contributed by atoms with van der Waals surface area (Å²) in [6.07, 6.45) is 1.99. The number of rotatable bonds is 5. The Hall–Kier alpha value is -2.66. The minimum atomic E-state index is -0.138. The summed E-state index contributed by atoms with van der Waals surface area (Å²) in [7, 11) is 0. The van der Waals surface area contributed by atoms with Gasteiger partial charge in [-0.2, -0.15) is 5.10 Å². The zero-order valence-electron chi connectivity index (χ0n) is 14.7. The van der Waals surface area contributed by atoms with Crippen molar-refractivity contribution in [2.75, 3.05) is 0 Å². The van der Waals surface area contributed by atoms with Gasteiger partial charge in [0.05, 0.1) is 12.6 Å². The molecule has 0 aliphatic carbocycles. The molecule has 0 aliphatic rings. The van der Waals surface area contributed by atoms with Crippen molar-refractivity contribution in [3.05, 3.63) is 87.7 Å². The summed E-state index contributed by atoms with van der Waals surface area (Å²) < 4.78 is 3.17. The van der Waals surface area contributed by atoms with E-state index in [9.17, 15) is 4.79 Å². The molecule has 132 valence electrons. The van der Waals surface area contributed by atoms with Gasteiger partial charge in [-0.05, 0) is 49.7 Å². The number of benzene rings is 2. The number of amides is 1. The molecule has 5 heteroatoms. The summed E-state index contributed by atoms with van der Waals surface area (Å²) in [5, 5.41) is 4.12. The van der Waals surface area contributed by atoms with Crippen LogP contribution in [0.2, 0.25) is 0 Å². The lowest BCUT2D eigenvalue weighted by Crippen LogP contribution is -2.19. The van der Waals surface area contributed by atoms with Crippen molar-refractivity contribution >= 4 is 28.1 Å². The first-order chi connectivity index (χ1) is 12.5. The molecule has 0 aliphatic heterocycles. The topological polar surface area (TPSA) is 46.4 Å². The van der Waals surface area contributed by atoms with Gasteiger partial charge in [0.25, 0.3) is 0 Å². The molecule has 0 fully saturated rings. The largest absolute Gasteiger partial charge is 0.318 e. The lowest BCUT2D eigenvalue weighted by molar-refractivity contribution is -0.120. The van der Waals surface area contributed by atoms with Crippen LogP contribution in [0.5, 0.6) is 0 Å². The van der Waals surface area contributed by atoms with Crippen molar-refractivity contribution in [1.29, 1.82) is 0 Å². The second-order valence-corrected chi connectivity index (χ2v) is 7.01. The van der Waals surface area contributed by atoms with E-state index in [1.165, 1.54) is 0 Å². The summed E-state index contributed by atoms with van der Waals surface area (Å²) in [6.45, 7) is 4.11. The van der Waals surface area contributed by atoms with Gasteiger partial charge in [-0.15, -0.1) is 0 Å². The molecule has 3 aromatic rings. The summed E-state index contributed by atoms with van der Waals surface area (Å²) >= 11 is 3.38. The van der Waals surface area contributed by atoms with Gasteiger partial charge in [-0.25, -0.2) is 5.43 Å². The van der Waals surface area contributed by atoms with E-state index in [-0.39, 0.29) is 5.91 Å². The molecule has 0 saturated carbocycles. The predicted octanol–water partition coefficient (Wildman–Crippen LogP) is 4.55. The van der Waals surface area contributed by atoms with E-state index in [2.05, 4.69) is 56.1 Å². The van der Waals surface area contributed by atoms with Gasteiger partial charge in [0, 0.05) is 27.1 Å². The fourth-order valence-corrected chi connectivity index (χ4v) is 3.16. The van der Waals surface area contributed by atoms with Crippen LogP contribution in [-0.2, 0) is 11.2 Å². The molecule has 1 aromatic heterocycles. The van der Waals surface area contributed by atoms with Crippen LogP contribution < -0.4 is 5.43 Å². The van der Waals surface area contributed by atoms with E-state index >= 15 is 0 Å². The first kappa shape index (κ1) is 18.1. The van der Waals surface area contributed by atoms with Gasteiger partial charge in [-0.3, -0.25) is 4.79 Å². The fourth-order valence-electron chi connectivity index (χ4n) is 2.89. The molecule has 0 saturated heterocycles. The number of para-hydroxylation sites is 1. The zero-order chi connectivity index (χ0) is 18.5. The van der Waals surface area contributed by atoms with Crippen LogP contribution in [-0.4, -0.2) is 16.7 Å². The molecule has 1 heterocycles. The average molecular weight is 410 g/mol. The quantitative estimate of drug-likeness (QED) is 0.487. The van der Waals surface area contributed by atoms with Crippen LogP contribution in [0, 0.1) is 13.8 Å². The monoisotopic (exact) mass is 409 g/mol. The van der Waals surface area contributed by atoms with Gasteiger partial charge in [0.1, 0.15) is 0 Å². The summed E-state index contributed by atoms with van der Waals surface area (Å²) in [4.78, 5) is 12.0. The van der Waals surface area contributed by atoms with Crippen LogP contribution in [0.3, 0.4) is 0 Å². The third kappa shape index (κ3) is 4.29. The number of aryl methyl sites for hydroxylation is 1. The van der Waals surface area contributed by atoms with E-state index in [0.717, 1.165) is 32.7 Å². The molecular formula is C21H20BrN3O. The third-order valence-electron chi connectivity index (χ3n) is 4.16. The van der Waals surface area contributed by atoms with Crippen molar-refractivity contribution in [3.63, 3.8) is 0 Å². The highest BCUT2D eigenvalue weighted by atomic mass is 79.9. The Balaban J connectivity index is 1.67. The Kier molecular flexibility index (Phi) is 5.68. The highest BCUT2D eigenvalue weighted by molar-refractivity contribution is 9.10. The molecule has 0 bridgehead atoms. The molecule has 2 aromatic carbocycles. The van der Waals surface area contributed by atoms with Crippen molar-refractivity contribution in [2.24, 2.45) is 5.10 Å². The fraction of sp³-hybridized carbons (Fsp3) is 0.143. The normalized spacial score (nSPS) is 11.0. The van der Waals surface area contributed by atoms with Gasteiger partial charge >= 0.3 is 0 Å². The number of carbonyl (C=O) groups is 1. The highest BCUT2D eigenvalue weighted by Crippen LogP contribution is 2.19. The standard InChI is InChI=1S/C21H20BrN3O/c1-15-12-18(16(2)25(15)20-6-4-3-5-7-20)14-23-24-21(26)13-17-8-10-19(22)11-9-17/h3-12,14H,13H2,1-2H3,(H,24,26)/b23-14+. The maximum atomic E-state index is 12.0. The Labute approximate surface area is 161 Å². The number of carbonyl (C=O) groups excluding carboxylic acids is 1. The molecular weight excluding hydrogens is 390 g/mol. The second-order valence-electron chi connectivity index (χ2n) is 6.09. The number of nitrogens with one attached hydrogen (secondary N) is 1. The Morgan fingerprint density at radius 3 is 2.50 bits per heavy atom. The van der Waals surface area contributed by atoms with Crippen molar-refractivity contribution in [2.45, 2.75) is 20.3 Å². The molecule has 3 rings (SSSR count). The van der Waals surface area contributed by atoms with Gasteiger partial charge in [0.15, 0.2) is 0 Å². The summed E-state index contributed by atoms with van der Waals surface area (Å²) in [5.41, 5.74) is 7.85. The molecule has 4 nitrogen and oxygen atoms in total. The molecule has 1 amide bonds. The number of hydrazone groups is 1. The molecule has 0 atom stereocenters. The summed E-state index contributed by atoms with van der Waals surface area (Å²) in [5.74, 6) is -0.138. The SMILES string of the molecule is Cc1cc(/C=N/NC(=O)Cc2ccc(Br)cc2)c(C)n1-c1ccccc1. The smallest absolute Gasteiger partial charge is 0.244 e.